The number of benzene rings is 2. The van der Waals surface area contributed by atoms with Crippen molar-refractivity contribution in [1.82, 2.24) is 0 Å². The zero-order valence-corrected chi connectivity index (χ0v) is 14.0. The van der Waals surface area contributed by atoms with Gasteiger partial charge in [-0.05, 0) is 35.7 Å². The van der Waals surface area contributed by atoms with Crippen LogP contribution < -0.4 is 0 Å². The van der Waals surface area contributed by atoms with Gasteiger partial charge in [0.05, 0.1) is 0 Å². The van der Waals surface area contributed by atoms with Crippen LogP contribution in [0.4, 0.5) is 0 Å². The molecule has 0 spiro atoms. The largest absolute Gasteiger partial charge is 0.0843 e. The SMILES string of the molecule is Clc1ccc(C(Br)Cc2ccccc2Cl)c(Br)c1. The maximum atomic E-state index is 6.17. The van der Waals surface area contributed by atoms with E-state index in [0.29, 0.717) is 0 Å². The highest BCUT2D eigenvalue weighted by molar-refractivity contribution is 9.11. The molecule has 2 rings (SSSR count). The summed E-state index contributed by atoms with van der Waals surface area (Å²) in [5, 5.41) is 1.52. The average molecular weight is 409 g/mol. The van der Waals surface area contributed by atoms with Gasteiger partial charge in [0.15, 0.2) is 0 Å². The van der Waals surface area contributed by atoms with Crippen molar-refractivity contribution in [3.05, 3.63) is 68.1 Å². The summed E-state index contributed by atoms with van der Waals surface area (Å²) in [4.78, 5) is 0.198. The monoisotopic (exact) mass is 406 g/mol. The molecule has 0 aromatic heterocycles. The molecule has 0 N–H and O–H groups in total. The third-order valence-electron chi connectivity index (χ3n) is 2.66. The molecule has 2 aromatic rings. The number of halogens is 4. The molecular weight excluding hydrogens is 399 g/mol. The maximum Gasteiger partial charge on any atom is 0.0447 e. The topological polar surface area (TPSA) is 0 Å². The Balaban J connectivity index is 2.22. The van der Waals surface area contributed by atoms with Crippen LogP contribution in [0.1, 0.15) is 16.0 Å². The molecule has 4 heteroatoms. The van der Waals surface area contributed by atoms with Crippen LogP contribution in [0.15, 0.2) is 46.9 Å². The van der Waals surface area contributed by atoms with E-state index in [2.05, 4.69) is 31.9 Å². The average Bonchev–Trinajstić information content (AvgIpc) is 2.32. The molecule has 0 saturated heterocycles. The van der Waals surface area contributed by atoms with Crippen LogP contribution in [0.2, 0.25) is 10.0 Å². The van der Waals surface area contributed by atoms with Gasteiger partial charge < -0.3 is 0 Å². The van der Waals surface area contributed by atoms with Gasteiger partial charge >= 0.3 is 0 Å². The van der Waals surface area contributed by atoms with Crippen LogP contribution in [0.3, 0.4) is 0 Å². The summed E-state index contributed by atoms with van der Waals surface area (Å²) >= 11 is 19.3. The second-order valence-electron chi connectivity index (χ2n) is 3.93. The third-order valence-corrected chi connectivity index (χ3v) is 4.76. The maximum absolute atomic E-state index is 6.17. The third kappa shape index (κ3) is 3.51. The van der Waals surface area contributed by atoms with Gasteiger partial charge in [0.2, 0.25) is 0 Å². The van der Waals surface area contributed by atoms with Crippen molar-refractivity contribution in [3.8, 4) is 0 Å². The lowest BCUT2D eigenvalue weighted by molar-refractivity contribution is 0.944. The van der Waals surface area contributed by atoms with Gasteiger partial charge in [-0.25, -0.2) is 0 Å². The zero-order valence-electron chi connectivity index (χ0n) is 9.34. The molecule has 0 heterocycles. The van der Waals surface area contributed by atoms with Crippen LogP contribution in [0.5, 0.6) is 0 Å². The first kappa shape index (κ1) is 14.4. The van der Waals surface area contributed by atoms with Crippen molar-refractivity contribution in [2.24, 2.45) is 0 Å². The molecule has 0 aliphatic carbocycles. The van der Waals surface area contributed by atoms with E-state index in [-0.39, 0.29) is 4.83 Å². The van der Waals surface area contributed by atoms with E-state index in [1.807, 2.05) is 42.5 Å². The van der Waals surface area contributed by atoms with Crippen LogP contribution in [-0.4, -0.2) is 0 Å². The van der Waals surface area contributed by atoms with Gasteiger partial charge in [0, 0.05) is 19.3 Å². The Morgan fingerprint density at radius 3 is 2.44 bits per heavy atom. The first-order valence-electron chi connectivity index (χ1n) is 5.40. The van der Waals surface area contributed by atoms with Crippen molar-refractivity contribution >= 4 is 55.1 Å². The molecular formula is C14H10Br2Cl2. The fraction of sp³-hybridized carbons (Fsp3) is 0.143. The predicted molar refractivity (Wildman–Crippen MR) is 86.0 cm³/mol. The van der Waals surface area contributed by atoms with E-state index in [0.717, 1.165) is 26.5 Å². The van der Waals surface area contributed by atoms with Crippen molar-refractivity contribution in [2.75, 3.05) is 0 Å². The molecule has 0 radical (unpaired) electrons. The summed E-state index contributed by atoms with van der Waals surface area (Å²) in [5.41, 5.74) is 2.29. The molecule has 18 heavy (non-hydrogen) atoms. The summed E-state index contributed by atoms with van der Waals surface area (Å²) < 4.78 is 1.00. The lowest BCUT2D eigenvalue weighted by Crippen LogP contribution is -1.97. The molecule has 0 fully saturated rings. The highest BCUT2D eigenvalue weighted by Gasteiger charge is 2.13. The van der Waals surface area contributed by atoms with E-state index < -0.39 is 0 Å². The fourth-order valence-corrected chi connectivity index (χ4v) is 3.95. The second-order valence-corrected chi connectivity index (χ2v) is 6.73. The van der Waals surface area contributed by atoms with Crippen LogP contribution in [0.25, 0.3) is 0 Å². The Labute approximate surface area is 134 Å². The number of hydrogen-bond acceptors (Lipinski definition) is 0. The molecule has 1 atom stereocenters. The summed E-state index contributed by atoms with van der Waals surface area (Å²) in [6, 6.07) is 13.7. The quantitative estimate of drug-likeness (QED) is 0.513. The Morgan fingerprint density at radius 2 is 1.78 bits per heavy atom. The first-order chi connectivity index (χ1) is 8.58. The Morgan fingerprint density at radius 1 is 1.06 bits per heavy atom. The molecule has 94 valence electrons. The Kier molecular flexibility index (Phi) is 5.14. The molecule has 1 unspecified atom stereocenters. The van der Waals surface area contributed by atoms with Gasteiger partial charge in [-0.1, -0.05) is 79.3 Å². The Bertz CT molecular complexity index is 555. The lowest BCUT2D eigenvalue weighted by atomic mass is 10.0. The van der Waals surface area contributed by atoms with E-state index >= 15 is 0 Å². The van der Waals surface area contributed by atoms with E-state index in [1.165, 1.54) is 5.56 Å². The van der Waals surface area contributed by atoms with Crippen molar-refractivity contribution in [2.45, 2.75) is 11.2 Å². The minimum atomic E-state index is 0.198. The normalized spacial score (nSPS) is 12.4. The number of hydrogen-bond donors (Lipinski definition) is 0. The lowest BCUT2D eigenvalue weighted by Gasteiger charge is -2.13. The molecule has 0 amide bonds. The van der Waals surface area contributed by atoms with Crippen molar-refractivity contribution in [3.63, 3.8) is 0 Å². The summed E-state index contributed by atoms with van der Waals surface area (Å²) in [5.74, 6) is 0. The van der Waals surface area contributed by atoms with E-state index in [9.17, 15) is 0 Å². The van der Waals surface area contributed by atoms with Crippen LogP contribution >= 0.6 is 55.1 Å². The van der Waals surface area contributed by atoms with Crippen molar-refractivity contribution in [1.29, 1.82) is 0 Å². The molecule has 0 nitrogen and oxygen atoms in total. The second kappa shape index (κ2) is 6.42. The molecule has 0 aliphatic heterocycles. The summed E-state index contributed by atoms with van der Waals surface area (Å²) in [6.45, 7) is 0. The smallest absolute Gasteiger partial charge is 0.0447 e. The molecule has 0 saturated carbocycles. The highest BCUT2D eigenvalue weighted by atomic mass is 79.9. The van der Waals surface area contributed by atoms with Gasteiger partial charge in [-0.2, -0.15) is 0 Å². The van der Waals surface area contributed by atoms with Crippen molar-refractivity contribution < 1.29 is 0 Å². The van der Waals surface area contributed by atoms with Gasteiger partial charge in [0.25, 0.3) is 0 Å². The molecule has 2 aromatic carbocycles. The fourth-order valence-electron chi connectivity index (χ4n) is 1.72. The summed E-state index contributed by atoms with van der Waals surface area (Å²) in [6.07, 6.45) is 0.833. The zero-order chi connectivity index (χ0) is 13.1. The van der Waals surface area contributed by atoms with Crippen LogP contribution in [0, 0.1) is 0 Å². The van der Waals surface area contributed by atoms with Gasteiger partial charge in [0.1, 0.15) is 0 Å². The van der Waals surface area contributed by atoms with Gasteiger partial charge in [-0.3, -0.25) is 0 Å². The molecule has 0 aliphatic rings. The first-order valence-corrected chi connectivity index (χ1v) is 7.87. The van der Waals surface area contributed by atoms with E-state index in [1.54, 1.807) is 0 Å². The minimum Gasteiger partial charge on any atom is -0.0843 e. The van der Waals surface area contributed by atoms with E-state index in [4.69, 9.17) is 23.2 Å². The Hall–Kier alpha value is -0.0200. The standard InChI is InChI=1S/C14H10Br2Cl2/c15-12(7-9-3-1-2-4-14(9)18)11-6-5-10(17)8-13(11)16/h1-6,8,12H,7H2. The summed E-state index contributed by atoms with van der Waals surface area (Å²) in [7, 11) is 0. The minimum absolute atomic E-state index is 0.198. The highest BCUT2D eigenvalue weighted by Crippen LogP contribution is 2.35. The van der Waals surface area contributed by atoms with Crippen LogP contribution in [-0.2, 0) is 6.42 Å². The molecule has 0 bridgehead atoms. The predicted octanol–water partition coefficient (Wildman–Crippen LogP) is 6.43. The number of rotatable bonds is 3. The van der Waals surface area contributed by atoms with Gasteiger partial charge in [-0.15, -0.1) is 0 Å². The number of alkyl halides is 1.